The Bertz CT molecular complexity index is 338. The van der Waals surface area contributed by atoms with Crippen molar-refractivity contribution in [1.82, 2.24) is 0 Å². The van der Waals surface area contributed by atoms with E-state index in [4.69, 9.17) is 11.6 Å². The predicted octanol–water partition coefficient (Wildman–Crippen LogP) is 2.83. The number of halogens is 3. The fourth-order valence-corrected chi connectivity index (χ4v) is 1.04. The van der Waals surface area contributed by atoms with Gasteiger partial charge in [0.05, 0.1) is 5.92 Å². The molecule has 0 amide bonds. The van der Waals surface area contributed by atoms with Gasteiger partial charge in [-0.15, -0.1) is 0 Å². The van der Waals surface area contributed by atoms with Gasteiger partial charge in [-0.1, -0.05) is 13.0 Å². The van der Waals surface area contributed by atoms with Crippen LogP contribution in [-0.2, 0) is 4.79 Å². The normalized spacial score (nSPS) is 12.6. The van der Waals surface area contributed by atoms with E-state index in [-0.39, 0.29) is 0 Å². The molecular formula is C9H7ClF2O. The summed E-state index contributed by atoms with van der Waals surface area (Å²) in [6.45, 7) is 1.53. The fourth-order valence-electron chi connectivity index (χ4n) is 0.913. The number of benzene rings is 1. The minimum atomic E-state index is -0.970. The van der Waals surface area contributed by atoms with Crippen LogP contribution in [-0.4, -0.2) is 5.24 Å². The van der Waals surface area contributed by atoms with E-state index >= 15 is 0 Å². The molecule has 0 N–H and O–H groups in total. The van der Waals surface area contributed by atoms with Gasteiger partial charge in [-0.05, 0) is 29.3 Å². The molecule has 1 rings (SSSR count). The van der Waals surface area contributed by atoms with E-state index in [1.807, 2.05) is 0 Å². The molecule has 0 bridgehead atoms. The van der Waals surface area contributed by atoms with Crippen molar-refractivity contribution >= 4 is 16.8 Å². The van der Waals surface area contributed by atoms with Crippen LogP contribution >= 0.6 is 11.6 Å². The molecule has 0 aliphatic heterocycles. The van der Waals surface area contributed by atoms with E-state index in [1.165, 1.54) is 13.0 Å². The Hall–Kier alpha value is -0.960. The minimum absolute atomic E-state index is 0.374. The first-order chi connectivity index (χ1) is 6.02. The van der Waals surface area contributed by atoms with Crippen LogP contribution in [0.4, 0.5) is 8.78 Å². The molecule has 0 fully saturated rings. The molecule has 0 aliphatic rings. The van der Waals surface area contributed by atoms with Gasteiger partial charge in [0.15, 0.2) is 11.6 Å². The van der Waals surface area contributed by atoms with Crippen LogP contribution in [0.2, 0.25) is 0 Å². The summed E-state index contributed by atoms with van der Waals surface area (Å²) >= 11 is 5.20. The molecule has 0 heterocycles. The number of rotatable bonds is 2. The Morgan fingerprint density at radius 2 is 2.00 bits per heavy atom. The highest BCUT2D eigenvalue weighted by Crippen LogP contribution is 2.19. The summed E-state index contributed by atoms with van der Waals surface area (Å²) < 4.78 is 25.1. The highest BCUT2D eigenvalue weighted by molar-refractivity contribution is 6.64. The molecule has 0 aromatic heterocycles. The summed E-state index contributed by atoms with van der Waals surface area (Å²) in [5, 5.41) is -0.592. The maximum atomic E-state index is 12.7. The lowest BCUT2D eigenvalue weighted by molar-refractivity contribution is -0.112. The molecule has 1 atom stereocenters. The Labute approximate surface area is 79.3 Å². The minimum Gasteiger partial charge on any atom is -0.281 e. The number of hydrogen-bond donors (Lipinski definition) is 0. The maximum Gasteiger partial charge on any atom is 0.228 e. The molecule has 13 heavy (non-hydrogen) atoms. The summed E-state index contributed by atoms with van der Waals surface area (Å²) in [7, 11) is 0. The summed E-state index contributed by atoms with van der Waals surface area (Å²) in [6.07, 6.45) is 0. The average molecular weight is 205 g/mol. The van der Waals surface area contributed by atoms with E-state index < -0.39 is 22.8 Å². The molecular weight excluding hydrogens is 198 g/mol. The molecule has 0 spiro atoms. The van der Waals surface area contributed by atoms with Gasteiger partial charge < -0.3 is 0 Å². The van der Waals surface area contributed by atoms with Gasteiger partial charge >= 0.3 is 0 Å². The van der Waals surface area contributed by atoms with Gasteiger partial charge in [0, 0.05) is 0 Å². The van der Waals surface area contributed by atoms with Crippen LogP contribution in [0.1, 0.15) is 18.4 Å². The predicted molar refractivity (Wildman–Crippen MR) is 45.6 cm³/mol. The average Bonchev–Trinajstić information content (AvgIpc) is 2.08. The third-order valence-corrected chi connectivity index (χ3v) is 2.11. The van der Waals surface area contributed by atoms with Crippen molar-refractivity contribution < 1.29 is 13.6 Å². The van der Waals surface area contributed by atoms with Crippen LogP contribution in [0.5, 0.6) is 0 Å². The standard InChI is InChI=1S/C9H7ClF2O/c1-5(9(10)13)6-2-3-7(11)8(12)4-6/h2-5H,1H3. The van der Waals surface area contributed by atoms with Gasteiger partial charge in [0.2, 0.25) is 5.24 Å². The van der Waals surface area contributed by atoms with Crippen molar-refractivity contribution in [3.63, 3.8) is 0 Å². The quantitative estimate of drug-likeness (QED) is 0.677. The molecule has 0 saturated heterocycles. The van der Waals surface area contributed by atoms with Crippen LogP contribution < -0.4 is 0 Å². The molecule has 1 unspecified atom stereocenters. The van der Waals surface area contributed by atoms with Gasteiger partial charge in [0.1, 0.15) is 0 Å². The lowest BCUT2D eigenvalue weighted by Crippen LogP contribution is -2.02. The Morgan fingerprint density at radius 1 is 1.38 bits per heavy atom. The Morgan fingerprint density at radius 3 is 2.46 bits per heavy atom. The van der Waals surface area contributed by atoms with E-state index in [0.29, 0.717) is 5.56 Å². The molecule has 0 aliphatic carbocycles. The first-order valence-electron chi connectivity index (χ1n) is 3.66. The van der Waals surface area contributed by atoms with Crippen molar-refractivity contribution in [1.29, 1.82) is 0 Å². The van der Waals surface area contributed by atoms with Gasteiger partial charge in [-0.2, -0.15) is 0 Å². The number of carbonyl (C=O) groups excluding carboxylic acids is 1. The molecule has 1 aromatic rings. The van der Waals surface area contributed by atoms with Crippen molar-refractivity contribution in [2.45, 2.75) is 12.8 Å². The van der Waals surface area contributed by atoms with E-state index in [0.717, 1.165) is 12.1 Å². The van der Waals surface area contributed by atoms with E-state index in [9.17, 15) is 13.6 Å². The van der Waals surface area contributed by atoms with Crippen LogP contribution in [0.15, 0.2) is 18.2 Å². The van der Waals surface area contributed by atoms with Crippen LogP contribution in [0, 0.1) is 11.6 Å². The summed E-state index contributed by atoms with van der Waals surface area (Å²) in [4.78, 5) is 10.7. The van der Waals surface area contributed by atoms with Gasteiger partial charge in [-0.3, -0.25) is 4.79 Å². The Kier molecular flexibility index (Phi) is 2.98. The smallest absolute Gasteiger partial charge is 0.228 e. The molecule has 4 heteroatoms. The molecule has 0 saturated carbocycles. The van der Waals surface area contributed by atoms with Gasteiger partial charge in [-0.25, -0.2) is 8.78 Å². The topological polar surface area (TPSA) is 17.1 Å². The lowest BCUT2D eigenvalue weighted by atomic mass is 10.0. The first-order valence-corrected chi connectivity index (χ1v) is 4.04. The first kappa shape index (κ1) is 10.1. The molecule has 1 aromatic carbocycles. The van der Waals surface area contributed by atoms with Crippen molar-refractivity contribution in [2.24, 2.45) is 0 Å². The highest BCUT2D eigenvalue weighted by Gasteiger charge is 2.14. The highest BCUT2D eigenvalue weighted by atomic mass is 35.5. The van der Waals surface area contributed by atoms with E-state index in [1.54, 1.807) is 0 Å². The third-order valence-electron chi connectivity index (χ3n) is 1.78. The largest absolute Gasteiger partial charge is 0.281 e. The molecule has 0 radical (unpaired) electrons. The second-order valence-electron chi connectivity index (χ2n) is 2.70. The fraction of sp³-hybridized carbons (Fsp3) is 0.222. The zero-order valence-electron chi connectivity index (χ0n) is 6.85. The number of hydrogen-bond acceptors (Lipinski definition) is 1. The summed E-state index contributed by atoms with van der Waals surface area (Å²) in [5.74, 6) is -2.52. The maximum absolute atomic E-state index is 12.7. The van der Waals surface area contributed by atoms with Crippen LogP contribution in [0.3, 0.4) is 0 Å². The zero-order chi connectivity index (χ0) is 10.0. The van der Waals surface area contributed by atoms with Gasteiger partial charge in [0.25, 0.3) is 0 Å². The second-order valence-corrected chi connectivity index (χ2v) is 3.07. The SMILES string of the molecule is CC(C(=O)Cl)c1ccc(F)c(F)c1. The summed E-state index contributed by atoms with van der Waals surface area (Å²) in [5.41, 5.74) is 0.374. The van der Waals surface area contributed by atoms with Crippen molar-refractivity contribution in [3.05, 3.63) is 35.4 Å². The number of carbonyl (C=O) groups is 1. The third kappa shape index (κ3) is 2.25. The lowest BCUT2D eigenvalue weighted by Gasteiger charge is -2.05. The monoisotopic (exact) mass is 204 g/mol. The second kappa shape index (κ2) is 3.83. The van der Waals surface area contributed by atoms with E-state index in [2.05, 4.69) is 0 Å². The molecule has 1 nitrogen and oxygen atoms in total. The Balaban J connectivity index is 3.03. The molecule has 70 valence electrons. The van der Waals surface area contributed by atoms with Crippen molar-refractivity contribution in [3.8, 4) is 0 Å². The van der Waals surface area contributed by atoms with Crippen molar-refractivity contribution in [2.75, 3.05) is 0 Å². The summed E-state index contributed by atoms with van der Waals surface area (Å²) in [6, 6.07) is 3.28. The van der Waals surface area contributed by atoms with Crippen LogP contribution in [0.25, 0.3) is 0 Å². The zero-order valence-corrected chi connectivity index (χ0v) is 7.61.